The average molecular weight is 372 g/mol. The van der Waals surface area contributed by atoms with Crippen LogP contribution in [0.25, 0.3) is 0 Å². The van der Waals surface area contributed by atoms with Crippen LogP contribution in [0.5, 0.6) is 0 Å². The van der Waals surface area contributed by atoms with Gasteiger partial charge in [-0.1, -0.05) is 18.6 Å². The van der Waals surface area contributed by atoms with Gasteiger partial charge in [-0.05, 0) is 63.0 Å². The van der Waals surface area contributed by atoms with Crippen LogP contribution in [0, 0.1) is 5.82 Å². The molecule has 0 unspecified atom stereocenters. The first kappa shape index (κ1) is 18.6. The molecule has 0 amide bonds. The molecule has 6 heteroatoms. The van der Waals surface area contributed by atoms with Crippen LogP contribution in [0.3, 0.4) is 0 Å². The molecule has 0 N–H and O–H groups in total. The molecule has 0 saturated carbocycles. The van der Waals surface area contributed by atoms with Crippen molar-refractivity contribution in [3.8, 4) is 0 Å². The molecular weight excluding hydrogens is 341 g/mol. The number of rotatable bonds is 5. The molecule has 2 fully saturated rings. The summed E-state index contributed by atoms with van der Waals surface area (Å²) in [6.07, 6.45) is 6.23. The van der Waals surface area contributed by atoms with Gasteiger partial charge in [0.15, 0.2) is 0 Å². The molecule has 146 valence electrons. The zero-order valence-electron chi connectivity index (χ0n) is 16.3. The Morgan fingerprint density at radius 2 is 1.81 bits per heavy atom. The Morgan fingerprint density at radius 3 is 2.63 bits per heavy atom. The molecular formula is C21H30FN5. The number of hydrogen-bond donors (Lipinski definition) is 0. The lowest BCUT2D eigenvalue weighted by Gasteiger charge is -2.32. The minimum Gasteiger partial charge on any atom is -0.317 e. The third-order valence-corrected chi connectivity index (χ3v) is 5.98. The summed E-state index contributed by atoms with van der Waals surface area (Å²) in [5.41, 5.74) is 1.04. The van der Waals surface area contributed by atoms with E-state index >= 15 is 0 Å². The summed E-state index contributed by atoms with van der Waals surface area (Å²) in [7, 11) is 2.11. The Balaban J connectivity index is 1.40. The molecule has 27 heavy (non-hydrogen) atoms. The summed E-state index contributed by atoms with van der Waals surface area (Å²) in [4.78, 5) is 4.91. The Labute approximate surface area is 161 Å². The lowest BCUT2D eigenvalue weighted by atomic mass is 9.96. The normalized spacial score (nSPS) is 22.2. The van der Waals surface area contributed by atoms with E-state index in [1.54, 1.807) is 12.1 Å². The third kappa shape index (κ3) is 4.55. The Kier molecular flexibility index (Phi) is 5.83. The van der Waals surface area contributed by atoms with Crippen LogP contribution >= 0.6 is 0 Å². The molecule has 3 heterocycles. The van der Waals surface area contributed by atoms with E-state index < -0.39 is 0 Å². The van der Waals surface area contributed by atoms with Crippen LogP contribution in [-0.4, -0.2) is 50.7 Å². The van der Waals surface area contributed by atoms with Gasteiger partial charge in [0.05, 0.1) is 6.54 Å². The maximum absolute atomic E-state index is 13.5. The highest BCUT2D eigenvalue weighted by molar-refractivity contribution is 5.16. The van der Waals surface area contributed by atoms with Crippen LogP contribution < -0.4 is 0 Å². The van der Waals surface area contributed by atoms with Crippen molar-refractivity contribution in [1.29, 1.82) is 0 Å². The van der Waals surface area contributed by atoms with Gasteiger partial charge < -0.3 is 4.57 Å². The SMILES string of the molecule is Cn1c(CN2CCCCC2)nnc1[C@H]1CCCN(Cc2cccc(F)c2)C1. The predicted octanol–water partition coefficient (Wildman–Crippen LogP) is 3.32. The van der Waals surface area contributed by atoms with Gasteiger partial charge in [-0.15, -0.1) is 10.2 Å². The number of hydrogen-bond acceptors (Lipinski definition) is 4. The molecule has 2 saturated heterocycles. The summed E-state index contributed by atoms with van der Waals surface area (Å²) in [5, 5.41) is 9.07. The van der Waals surface area contributed by atoms with E-state index in [1.165, 1.54) is 38.4 Å². The summed E-state index contributed by atoms with van der Waals surface area (Å²) in [6.45, 7) is 6.08. The van der Waals surface area contributed by atoms with E-state index in [2.05, 4.69) is 31.6 Å². The lowest BCUT2D eigenvalue weighted by Crippen LogP contribution is -2.35. The summed E-state index contributed by atoms with van der Waals surface area (Å²) in [6, 6.07) is 6.95. The minimum atomic E-state index is -0.156. The first-order valence-corrected chi connectivity index (χ1v) is 10.3. The molecule has 0 radical (unpaired) electrons. The average Bonchev–Trinajstić information content (AvgIpc) is 3.03. The summed E-state index contributed by atoms with van der Waals surface area (Å²) >= 11 is 0. The molecule has 0 aliphatic carbocycles. The molecule has 2 aromatic rings. The van der Waals surface area contributed by atoms with E-state index in [1.807, 2.05) is 6.07 Å². The monoisotopic (exact) mass is 371 g/mol. The summed E-state index contributed by atoms with van der Waals surface area (Å²) < 4.78 is 15.7. The Hall–Kier alpha value is -1.79. The van der Waals surface area contributed by atoms with Crippen molar-refractivity contribution < 1.29 is 4.39 Å². The van der Waals surface area contributed by atoms with E-state index in [4.69, 9.17) is 0 Å². The van der Waals surface area contributed by atoms with Crippen molar-refractivity contribution in [1.82, 2.24) is 24.6 Å². The van der Waals surface area contributed by atoms with Gasteiger partial charge >= 0.3 is 0 Å². The van der Waals surface area contributed by atoms with Gasteiger partial charge in [0.1, 0.15) is 17.5 Å². The van der Waals surface area contributed by atoms with Gasteiger partial charge in [0, 0.05) is 26.1 Å². The van der Waals surface area contributed by atoms with Crippen LogP contribution in [-0.2, 0) is 20.1 Å². The zero-order valence-corrected chi connectivity index (χ0v) is 16.3. The minimum absolute atomic E-state index is 0.156. The molecule has 4 rings (SSSR count). The van der Waals surface area contributed by atoms with Crippen LogP contribution in [0.15, 0.2) is 24.3 Å². The Morgan fingerprint density at radius 1 is 1.00 bits per heavy atom. The van der Waals surface area contributed by atoms with Crippen molar-refractivity contribution in [2.75, 3.05) is 26.2 Å². The fourth-order valence-corrected chi connectivity index (χ4v) is 4.49. The largest absolute Gasteiger partial charge is 0.317 e. The number of benzene rings is 1. The highest BCUT2D eigenvalue weighted by atomic mass is 19.1. The third-order valence-electron chi connectivity index (χ3n) is 5.98. The first-order valence-electron chi connectivity index (χ1n) is 10.3. The number of halogens is 1. The zero-order chi connectivity index (χ0) is 18.6. The van der Waals surface area contributed by atoms with Crippen molar-refractivity contribution in [2.45, 2.75) is 51.1 Å². The van der Waals surface area contributed by atoms with E-state index in [9.17, 15) is 4.39 Å². The fraction of sp³-hybridized carbons (Fsp3) is 0.619. The highest BCUT2D eigenvalue weighted by Crippen LogP contribution is 2.27. The van der Waals surface area contributed by atoms with Gasteiger partial charge in [-0.3, -0.25) is 9.80 Å². The lowest BCUT2D eigenvalue weighted by molar-refractivity contribution is 0.194. The van der Waals surface area contributed by atoms with E-state index in [-0.39, 0.29) is 5.82 Å². The molecule has 1 atom stereocenters. The van der Waals surface area contributed by atoms with Crippen LogP contribution in [0.4, 0.5) is 4.39 Å². The van der Waals surface area contributed by atoms with Crippen molar-refractivity contribution in [2.24, 2.45) is 7.05 Å². The standard InChI is InChI=1S/C21H30FN5/c1-25-20(16-26-10-3-2-4-11-26)23-24-21(25)18-8-6-12-27(15-18)14-17-7-5-9-19(22)13-17/h5,7,9,13,18H,2-4,6,8,10-12,14-16H2,1H3/t18-/m0/s1. The van der Waals surface area contributed by atoms with E-state index in [0.29, 0.717) is 5.92 Å². The smallest absolute Gasteiger partial charge is 0.146 e. The van der Waals surface area contributed by atoms with Crippen LogP contribution in [0.2, 0.25) is 0 Å². The van der Waals surface area contributed by atoms with Gasteiger partial charge in [0.25, 0.3) is 0 Å². The van der Waals surface area contributed by atoms with Gasteiger partial charge in [-0.25, -0.2) is 4.39 Å². The van der Waals surface area contributed by atoms with Crippen molar-refractivity contribution in [3.05, 3.63) is 47.3 Å². The second-order valence-corrected chi connectivity index (χ2v) is 8.07. The maximum atomic E-state index is 13.5. The number of likely N-dealkylation sites (tertiary alicyclic amines) is 2. The second kappa shape index (κ2) is 8.48. The summed E-state index contributed by atoms with van der Waals surface area (Å²) in [5.74, 6) is 2.43. The highest BCUT2D eigenvalue weighted by Gasteiger charge is 2.26. The quantitative estimate of drug-likeness (QED) is 0.808. The van der Waals surface area contributed by atoms with Crippen molar-refractivity contribution >= 4 is 0 Å². The molecule has 2 aliphatic rings. The second-order valence-electron chi connectivity index (χ2n) is 8.07. The van der Waals surface area contributed by atoms with Gasteiger partial charge in [0.2, 0.25) is 0 Å². The number of aromatic nitrogens is 3. The first-order chi connectivity index (χ1) is 13.2. The fourth-order valence-electron chi connectivity index (χ4n) is 4.49. The van der Waals surface area contributed by atoms with Gasteiger partial charge in [-0.2, -0.15) is 0 Å². The molecule has 5 nitrogen and oxygen atoms in total. The molecule has 0 bridgehead atoms. The molecule has 0 spiro atoms. The number of piperidine rings is 2. The van der Waals surface area contributed by atoms with E-state index in [0.717, 1.165) is 56.2 Å². The van der Waals surface area contributed by atoms with Crippen LogP contribution in [0.1, 0.15) is 55.2 Å². The molecule has 1 aromatic heterocycles. The topological polar surface area (TPSA) is 37.2 Å². The molecule has 2 aliphatic heterocycles. The van der Waals surface area contributed by atoms with Crippen molar-refractivity contribution in [3.63, 3.8) is 0 Å². The Bertz CT molecular complexity index is 753. The maximum Gasteiger partial charge on any atom is 0.146 e. The molecule has 1 aromatic carbocycles. The predicted molar refractivity (Wildman–Crippen MR) is 104 cm³/mol. The number of nitrogens with zero attached hydrogens (tertiary/aromatic N) is 5.